The Hall–Kier alpha value is -1.84. The van der Waals surface area contributed by atoms with Gasteiger partial charge in [0.05, 0.1) is 11.4 Å². The molecule has 1 saturated heterocycles. The minimum absolute atomic E-state index is 0.0417. The summed E-state index contributed by atoms with van der Waals surface area (Å²) in [5.74, 6) is 1.08. The molecule has 2 fully saturated rings. The number of amides is 1. The number of carbonyl (C=O) groups is 1. The summed E-state index contributed by atoms with van der Waals surface area (Å²) in [5.41, 5.74) is 0. The molecule has 160 valence electrons. The van der Waals surface area contributed by atoms with Gasteiger partial charge in [-0.1, -0.05) is 19.3 Å². The van der Waals surface area contributed by atoms with Crippen molar-refractivity contribution < 1.29 is 22.7 Å². The van der Waals surface area contributed by atoms with Crippen LogP contribution in [0.2, 0.25) is 0 Å². The van der Waals surface area contributed by atoms with E-state index in [4.69, 9.17) is 9.47 Å². The van der Waals surface area contributed by atoms with Crippen LogP contribution in [0.5, 0.6) is 11.5 Å². The van der Waals surface area contributed by atoms with Gasteiger partial charge in [-0.3, -0.25) is 9.69 Å². The van der Waals surface area contributed by atoms with Crippen LogP contribution in [-0.4, -0.2) is 75.5 Å². The summed E-state index contributed by atoms with van der Waals surface area (Å²) >= 11 is 0. The zero-order chi connectivity index (χ0) is 20.3. The second-order valence-electron chi connectivity index (χ2n) is 7.89. The van der Waals surface area contributed by atoms with E-state index in [1.807, 2.05) is 4.90 Å². The number of nitrogens with one attached hydrogen (secondary N) is 1. The number of fused-ring (bicyclic) bond motifs is 1. The normalized spacial score (nSPS) is 21.7. The van der Waals surface area contributed by atoms with Crippen molar-refractivity contribution in [3.05, 3.63) is 18.2 Å². The maximum atomic E-state index is 13.0. The Morgan fingerprint density at radius 3 is 2.41 bits per heavy atom. The molecule has 9 heteroatoms. The van der Waals surface area contributed by atoms with Crippen LogP contribution in [0, 0.1) is 0 Å². The van der Waals surface area contributed by atoms with Gasteiger partial charge in [0.15, 0.2) is 11.5 Å². The topological polar surface area (TPSA) is 88.2 Å². The van der Waals surface area contributed by atoms with Gasteiger partial charge in [-0.2, -0.15) is 4.31 Å². The molecular weight excluding hydrogens is 394 g/mol. The van der Waals surface area contributed by atoms with Crippen LogP contribution in [0.15, 0.2) is 23.1 Å². The van der Waals surface area contributed by atoms with Crippen molar-refractivity contribution in [2.75, 3.05) is 45.9 Å². The third-order valence-corrected chi connectivity index (χ3v) is 7.71. The summed E-state index contributed by atoms with van der Waals surface area (Å²) in [6.07, 6.45) is 5.75. The standard InChI is InChI=1S/C20H29N3O5S/c24-20(21-16-4-2-1-3-5-16)15-22-8-10-23(11-9-22)29(25,26)17-6-7-18-19(14-17)28-13-12-27-18/h6-7,14,16H,1-5,8-13,15H2,(H,21,24). The van der Waals surface area contributed by atoms with Crippen LogP contribution >= 0.6 is 0 Å². The van der Waals surface area contributed by atoms with Crippen LogP contribution in [0.4, 0.5) is 0 Å². The van der Waals surface area contributed by atoms with Gasteiger partial charge in [-0.15, -0.1) is 0 Å². The number of piperazine rings is 1. The number of carbonyl (C=O) groups excluding carboxylic acids is 1. The molecule has 0 spiro atoms. The Kier molecular flexibility index (Phi) is 6.26. The fourth-order valence-electron chi connectivity index (χ4n) is 4.18. The van der Waals surface area contributed by atoms with Gasteiger partial charge in [0.2, 0.25) is 15.9 Å². The molecule has 1 amide bonds. The first-order valence-corrected chi connectivity index (χ1v) is 11.9. The molecule has 1 saturated carbocycles. The molecule has 0 unspecified atom stereocenters. The van der Waals surface area contributed by atoms with E-state index in [2.05, 4.69) is 5.32 Å². The fraction of sp³-hybridized carbons (Fsp3) is 0.650. The average molecular weight is 424 g/mol. The minimum Gasteiger partial charge on any atom is -0.486 e. The van der Waals surface area contributed by atoms with Gasteiger partial charge in [-0.05, 0) is 25.0 Å². The molecule has 29 heavy (non-hydrogen) atoms. The maximum Gasteiger partial charge on any atom is 0.243 e. The molecule has 4 rings (SSSR count). The van der Waals surface area contributed by atoms with Crippen molar-refractivity contribution in [3.63, 3.8) is 0 Å². The van der Waals surface area contributed by atoms with Crippen molar-refractivity contribution in [2.45, 2.75) is 43.0 Å². The number of hydrogen-bond acceptors (Lipinski definition) is 6. The van der Waals surface area contributed by atoms with Crippen LogP contribution < -0.4 is 14.8 Å². The molecule has 0 aromatic heterocycles. The summed E-state index contributed by atoms with van der Waals surface area (Å²) < 4.78 is 38.4. The Bertz CT molecular complexity index is 831. The van der Waals surface area contributed by atoms with E-state index in [9.17, 15) is 13.2 Å². The number of ether oxygens (including phenoxy) is 2. The molecule has 2 heterocycles. The summed E-state index contributed by atoms with van der Waals surface area (Å²) in [4.78, 5) is 14.5. The van der Waals surface area contributed by atoms with Gasteiger partial charge < -0.3 is 14.8 Å². The van der Waals surface area contributed by atoms with Crippen LogP contribution in [0.3, 0.4) is 0 Å². The Morgan fingerprint density at radius 2 is 1.69 bits per heavy atom. The quantitative estimate of drug-likeness (QED) is 0.766. The zero-order valence-corrected chi connectivity index (χ0v) is 17.5. The summed E-state index contributed by atoms with van der Waals surface area (Å²) in [7, 11) is -3.60. The monoisotopic (exact) mass is 423 g/mol. The highest BCUT2D eigenvalue weighted by molar-refractivity contribution is 7.89. The Labute approximate surface area is 172 Å². The molecule has 2 aliphatic heterocycles. The lowest BCUT2D eigenvalue weighted by atomic mass is 9.95. The first-order chi connectivity index (χ1) is 14.0. The van der Waals surface area contributed by atoms with E-state index in [1.165, 1.54) is 29.6 Å². The SMILES string of the molecule is O=C(CN1CCN(S(=O)(=O)c2ccc3c(c2)OCCO3)CC1)NC1CCCCC1. The van der Waals surface area contributed by atoms with E-state index in [-0.39, 0.29) is 10.8 Å². The van der Waals surface area contributed by atoms with E-state index in [1.54, 1.807) is 12.1 Å². The lowest BCUT2D eigenvalue weighted by molar-refractivity contribution is -0.123. The number of hydrogen-bond donors (Lipinski definition) is 1. The maximum absolute atomic E-state index is 13.0. The van der Waals surface area contributed by atoms with Crippen molar-refractivity contribution in [3.8, 4) is 11.5 Å². The number of benzene rings is 1. The lowest BCUT2D eigenvalue weighted by Crippen LogP contribution is -2.51. The predicted octanol–water partition coefficient (Wildman–Crippen LogP) is 1.21. The summed E-state index contributed by atoms with van der Waals surface area (Å²) in [6.45, 7) is 3.03. The average Bonchev–Trinajstić information content (AvgIpc) is 2.74. The van der Waals surface area contributed by atoms with Crippen molar-refractivity contribution in [1.82, 2.24) is 14.5 Å². The minimum atomic E-state index is -3.60. The predicted molar refractivity (Wildman–Crippen MR) is 108 cm³/mol. The van der Waals surface area contributed by atoms with Crippen molar-refractivity contribution in [2.24, 2.45) is 0 Å². The number of rotatable bonds is 5. The van der Waals surface area contributed by atoms with Crippen molar-refractivity contribution in [1.29, 1.82) is 0 Å². The van der Waals surface area contributed by atoms with Gasteiger partial charge in [-0.25, -0.2) is 8.42 Å². The van der Waals surface area contributed by atoms with Crippen LogP contribution in [0.1, 0.15) is 32.1 Å². The van der Waals surface area contributed by atoms with Gasteiger partial charge in [0, 0.05) is 38.3 Å². The zero-order valence-electron chi connectivity index (χ0n) is 16.6. The first kappa shape index (κ1) is 20.4. The van der Waals surface area contributed by atoms with Crippen molar-refractivity contribution >= 4 is 15.9 Å². The molecule has 1 aromatic rings. The van der Waals surface area contributed by atoms with Gasteiger partial charge in [0.25, 0.3) is 0 Å². The van der Waals surface area contributed by atoms with Crippen LogP contribution in [-0.2, 0) is 14.8 Å². The summed E-state index contributed by atoms with van der Waals surface area (Å²) in [6, 6.07) is 5.04. The van der Waals surface area contributed by atoms with E-state index in [0.29, 0.717) is 63.5 Å². The highest BCUT2D eigenvalue weighted by atomic mass is 32.2. The smallest absolute Gasteiger partial charge is 0.243 e. The molecule has 0 atom stereocenters. The van der Waals surface area contributed by atoms with Gasteiger partial charge in [0.1, 0.15) is 13.2 Å². The fourth-order valence-corrected chi connectivity index (χ4v) is 5.62. The molecule has 1 N–H and O–H groups in total. The Balaban J connectivity index is 1.31. The Morgan fingerprint density at radius 1 is 1.00 bits per heavy atom. The van der Waals surface area contributed by atoms with E-state index in [0.717, 1.165) is 12.8 Å². The number of sulfonamides is 1. The van der Waals surface area contributed by atoms with Crippen LogP contribution in [0.25, 0.3) is 0 Å². The van der Waals surface area contributed by atoms with E-state index >= 15 is 0 Å². The molecule has 1 aliphatic carbocycles. The number of nitrogens with zero attached hydrogens (tertiary/aromatic N) is 2. The molecule has 8 nitrogen and oxygen atoms in total. The second kappa shape index (κ2) is 8.89. The largest absolute Gasteiger partial charge is 0.486 e. The van der Waals surface area contributed by atoms with E-state index < -0.39 is 10.0 Å². The molecule has 0 radical (unpaired) electrons. The molecular formula is C20H29N3O5S. The lowest BCUT2D eigenvalue weighted by Gasteiger charge is -2.34. The highest BCUT2D eigenvalue weighted by Crippen LogP contribution is 2.33. The molecule has 1 aromatic carbocycles. The summed E-state index contributed by atoms with van der Waals surface area (Å²) in [5, 5.41) is 3.12. The third kappa shape index (κ3) is 4.84. The highest BCUT2D eigenvalue weighted by Gasteiger charge is 2.30. The molecule has 0 bridgehead atoms. The first-order valence-electron chi connectivity index (χ1n) is 10.4. The third-order valence-electron chi connectivity index (χ3n) is 5.82. The second-order valence-corrected chi connectivity index (χ2v) is 9.83. The van der Waals surface area contributed by atoms with Gasteiger partial charge >= 0.3 is 0 Å². The molecule has 3 aliphatic rings.